The van der Waals surface area contributed by atoms with Gasteiger partial charge in [0.05, 0.1) is 16.2 Å². The van der Waals surface area contributed by atoms with Crippen molar-refractivity contribution in [1.29, 1.82) is 0 Å². The molecule has 2 aromatic rings. The van der Waals surface area contributed by atoms with Crippen LogP contribution >= 0.6 is 23.2 Å². The first-order valence-corrected chi connectivity index (χ1v) is 7.31. The van der Waals surface area contributed by atoms with Gasteiger partial charge in [0, 0.05) is 16.7 Å². The van der Waals surface area contributed by atoms with Crippen molar-refractivity contribution in [3.8, 4) is 5.75 Å². The van der Waals surface area contributed by atoms with Crippen molar-refractivity contribution < 1.29 is 14.8 Å². The van der Waals surface area contributed by atoms with Gasteiger partial charge in [0.15, 0.2) is 0 Å². The number of hydrogen-bond donors (Lipinski definition) is 2. The number of phenols is 1. The molecule has 0 atom stereocenters. The molecule has 0 radical (unpaired) electrons. The fourth-order valence-corrected chi connectivity index (χ4v) is 2.41. The molecule has 2 N–H and O–H groups in total. The highest BCUT2D eigenvalue weighted by Gasteiger charge is 2.19. The Balaban J connectivity index is 2.23. The summed E-state index contributed by atoms with van der Waals surface area (Å²) in [5.41, 5.74) is 2.59. The van der Waals surface area contributed by atoms with E-state index in [4.69, 9.17) is 23.2 Å². The molecule has 0 saturated heterocycles. The number of aromatic hydroxyl groups is 1. The number of hydrazone groups is 1. The van der Waals surface area contributed by atoms with Crippen LogP contribution in [0.2, 0.25) is 10.0 Å². The zero-order chi connectivity index (χ0) is 17.9. The number of carbonyl (C=O) groups excluding carboxylic acids is 1. The standard InChI is InChI=1S/C15H11Cl2N3O4/c1-8-2-3-13(20(23)24)11(4-8)15(22)19-18-7-9-5-10(16)6-12(17)14(9)21/h2-7,21H,1H3,(H,19,22). The molecule has 1 amide bonds. The molecule has 24 heavy (non-hydrogen) atoms. The Hall–Kier alpha value is -2.64. The Morgan fingerprint density at radius 2 is 2.04 bits per heavy atom. The average Bonchev–Trinajstić information content (AvgIpc) is 2.51. The van der Waals surface area contributed by atoms with Crippen LogP contribution in [0.15, 0.2) is 35.4 Å². The minimum Gasteiger partial charge on any atom is -0.506 e. The van der Waals surface area contributed by atoms with Gasteiger partial charge in [0.2, 0.25) is 0 Å². The maximum absolute atomic E-state index is 12.1. The summed E-state index contributed by atoms with van der Waals surface area (Å²) in [4.78, 5) is 22.4. The molecule has 0 unspecified atom stereocenters. The minimum atomic E-state index is -0.755. The van der Waals surface area contributed by atoms with Crippen molar-refractivity contribution in [2.24, 2.45) is 5.10 Å². The van der Waals surface area contributed by atoms with E-state index in [9.17, 15) is 20.0 Å². The summed E-state index contributed by atoms with van der Waals surface area (Å²) in [6.07, 6.45) is 1.13. The second-order valence-electron chi connectivity index (χ2n) is 4.80. The van der Waals surface area contributed by atoms with Gasteiger partial charge in [-0.25, -0.2) is 5.43 Å². The van der Waals surface area contributed by atoms with E-state index in [2.05, 4.69) is 10.5 Å². The number of nitrogens with zero attached hydrogens (tertiary/aromatic N) is 2. The smallest absolute Gasteiger partial charge is 0.282 e. The third-order valence-electron chi connectivity index (χ3n) is 3.02. The number of hydrogen-bond acceptors (Lipinski definition) is 5. The molecular formula is C15H11Cl2N3O4. The molecule has 0 spiro atoms. The molecule has 0 aromatic heterocycles. The third kappa shape index (κ3) is 4.01. The zero-order valence-corrected chi connectivity index (χ0v) is 13.8. The number of rotatable bonds is 4. The van der Waals surface area contributed by atoms with Crippen LogP contribution in [0.4, 0.5) is 5.69 Å². The molecule has 7 nitrogen and oxygen atoms in total. The Bertz CT molecular complexity index is 853. The highest BCUT2D eigenvalue weighted by atomic mass is 35.5. The monoisotopic (exact) mass is 367 g/mol. The van der Waals surface area contributed by atoms with Crippen LogP contribution in [0.5, 0.6) is 5.75 Å². The number of carbonyl (C=O) groups is 1. The van der Waals surface area contributed by atoms with Crippen LogP contribution in [-0.4, -0.2) is 22.2 Å². The van der Waals surface area contributed by atoms with Gasteiger partial charge >= 0.3 is 0 Å². The Morgan fingerprint density at radius 1 is 1.33 bits per heavy atom. The summed E-state index contributed by atoms with van der Waals surface area (Å²) in [6.45, 7) is 1.70. The number of nitrogens with one attached hydrogen (secondary N) is 1. The van der Waals surface area contributed by atoms with Gasteiger partial charge < -0.3 is 5.11 Å². The zero-order valence-electron chi connectivity index (χ0n) is 12.3. The molecular weight excluding hydrogens is 357 g/mol. The first-order chi connectivity index (χ1) is 11.3. The van der Waals surface area contributed by atoms with E-state index in [1.165, 1.54) is 30.3 Å². The van der Waals surface area contributed by atoms with E-state index in [0.717, 1.165) is 6.21 Å². The van der Waals surface area contributed by atoms with Gasteiger partial charge in [-0.1, -0.05) is 29.3 Å². The van der Waals surface area contributed by atoms with Crippen molar-refractivity contribution in [2.45, 2.75) is 6.92 Å². The third-order valence-corrected chi connectivity index (χ3v) is 3.53. The first-order valence-electron chi connectivity index (χ1n) is 6.56. The summed E-state index contributed by atoms with van der Waals surface area (Å²) in [5.74, 6) is -1.00. The highest BCUT2D eigenvalue weighted by Crippen LogP contribution is 2.30. The number of phenolic OH excluding ortho intramolecular Hbond substituents is 1. The van der Waals surface area contributed by atoms with Gasteiger partial charge in [-0.05, 0) is 30.7 Å². The number of nitro groups is 1. The van der Waals surface area contributed by atoms with Crippen LogP contribution in [0.3, 0.4) is 0 Å². The lowest BCUT2D eigenvalue weighted by atomic mass is 10.1. The van der Waals surface area contributed by atoms with Crippen molar-refractivity contribution in [3.63, 3.8) is 0 Å². The van der Waals surface area contributed by atoms with Gasteiger partial charge in [0.1, 0.15) is 11.3 Å². The number of benzene rings is 2. The Morgan fingerprint density at radius 3 is 2.71 bits per heavy atom. The quantitative estimate of drug-likeness (QED) is 0.488. The number of nitro benzene ring substituents is 1. The van der Waals surface area contributed by atoms with E-state index in [-0.39, 0.29) is 32.6 Å². The van der Waals surface area contributed by atoms with Crippen LogP contribution in [0.25, 0.3) is 0 Å². The summed E-state index contributed by atoms with van der Waals surface area (Å²) < 4.78 is 0. The minimum absolute atomic E-state index is 0.0320. The lowest BCUT2D eigenvalue weighted by Gasteiger charge is -2.04. The maximum atomic E-state index is 12.1. The molecule has 0 aliphatic rings. The second-order valence-corrected chi connectivity index (χ2v) is 5.65. The summed E-state index contributed by atoms with van der Waals surface area (Å²) in [7, 11) is 0. The Kier molecular flexibility index (Phi) is 5.38. The molecule has 2 rings (SSSR count). The van der Waals surface area contributed by atoms with Crippen LogP contribution in [0.1, 0.15) is 21.5 Å². The predicted molar refractivity (Wildman–Crippen MR) is 91.0 cm³/mol. The van der Waals surface area contributed by atoms with Gasteiger partial charge in [0.25, 0.3) is 11.6 Å². The molecule has 0 aliphatic carbocycles. The lowest BCUT2D eigenvalue weighted by molar-refractivity contribution is -0.385. The van der Waals surface area contributed by atoms with Gasteiger partial charge in [-0.3, -0.25) is 14.9 Å². The van der Waals surface area contributed by atoms with Crippen LogP contribution < -0.4 is 5.43 Å². The fraction of sp³-hybridized carbons (Fsp3) is 0.0667. The topological polar surface area (TPSA) is 105 Å². The highest BCUT2D eigenvalue weighted by molar-refractivity contribution is 6.36. The second kappa shape index (κ2) is 7.29. The normalized spacial score (nSPS) is 10.8. The average molecular weight is 368 g/mol. The molecule has 0 saturated carbocycles. The number of amides is 1. The van der Waals surface area contributed by atoms with Crippen molar-refractivity contribution in [2.75, 3.05) is 0 Å². The van der Waals surface area contributed by atoms with Gasteiger partial charge in [-0.15, -0.1) is 0 Å². The van der Waals surface area contributed by atoms with Gasteiger partial charge in [-0.2, -0.15) is 5.10 Å². The molecule has 0 heterocycles. The van der Waals surface area contributed by atoms with E-state index < -0.39 is 10.8 Å². The van der Waals surface area contributed by atoms with Crippen LogP contribution in [0, 0.1) is 17.0 Å². The predicted octanol–water partition coefficient (Wildman–Crippen LogP) is 3.68. The summed E-state index contributed by atoms with van der Waals surface area (Å²) in [5, 5.41) is 24.7. The van der Waals surface area contributed by atoms with E-state index in [0.29, 0.717) is 5.56 Å². The van der Waals surface area contributed by atoms with E-state index >= 15 is 0 Å². The SMILES string of the molecule is Cc1ccc([N+](=O)[O-])c(C(=O)NN=Cc2cc(Cl)cc(Cl)c2O)c1. The molecule has 9 heteroatoms. The van der Waals surface area contributed by atoms with E-state index in [1.807, 2.05) is 0 Å². The number of halogens is 2. The fourth-order valence-electron chi connectivity index (χ4n) is 1.90. The summed E-state index contributed by atoms with van der Waals surface area (Å²) in [6, 6.07) is 6.91. The molecule has 2 aromatic carbocycles. The molecule has 0 bridgehead atoms. The largest absolute Gasteiger partial charge is 0.506 e. The molecule has 0 fully saturated rings. The van der Waals surface area contributed by atoms with Crippen molar-refractivity contribution in [3.05, 3.63) is 67.2 Å². The molecule has 0 aliphatic heterocycles. The first kappa shape index (κ1) is 17.7. The van der Waals surface area contributed by atoms with Crippen LogP contribution in [-0.2, 0) is 0 Å². The summed E-state index contributed by atoms with van der Waals surface area (Å²) >= 11 is 11.6. The number of aryl methyl sites for hydroxylation is 1. The maximum Gasteiger partial charge on any atom is 0.282 e. The van der Waals surface area contributed by atoms with Crippen molar-refractivity contribution in [1.82, 2.24) is 5.43 Å². The molecule has 124 valence electrons. The van der Waals surface area contributed by atoms with E-state index in [1.54, 1.807) is 6.92 Å². The Labute approximate surface area is 146 Å². The lowest BCUT2D eigenvalue weighted by Crippen LogP contribution is -2.19. The van der Waals surface area contributed by atoms with Crippen molar-refractivity contribution >= 4 is 41.0 Å².